The Labute approximate surface area is 155 Å². The van der Waals surface area contributed by atoms with Gasteiger partial charge in [-0.05, 0) is 48.1 Å². The van der Waals surface area contributed by atoms with E-state index >= 15 is 0 Å². The van der Waals surface area contributed by atoms with Crippen molar-refractivity contribution in [1.29, 1.82) is 0 Å². The van der Waals surface area contributed by atoms with Crippen molar-refractivity contribution in [1.82, 2.24) is 4.98 Å². The van der Waals surface area contributed by atoms with E-state index in [-0.39, 0.29) is 24.0 Å². The Bertz CT molecular complexity index is 596. The van der Waals surface area contributed by atoms with Crippen LogP contribution in [0.4, 0.5) is 5.69 Å². The number of benzene rings is 1. The van der Waals surface area contributed by atoms with Crippen molar-refractivity contribution < 1.29 is 0 Å². The van der Waals surface area contributed by atoms with Gasteiger partial charge in [-0.1, -0.05) is 32.0 Å². The Balaban J connectivity index is 0.00000264. The lowest BCUT2D eigenvalue weighted by Crippen LogP contribution is -2.23. The second-order valence-electron chi connectivity index (χ2n) is 5.43. The quantitative estimate of drug-likeness (QED) is 0.416. The molecule has 0 radical (unpaired) electrons. The molecule has 4 nitrogen and oxygen atoms in total. The predicted molar refractivity (Wildman–Crippen MR) is 109 cm³/mol. The summed E-state index contributed by atoms with van der Waals surface area (Å²) in [6, 6.07) is 12.3. The zero-order chi connectivity index (χ0) is 15.8. The molecule has 3 N–H and O–H groups in total. The fraction of sp³-hybridized carbons (Fsp3) is 0.333. The van der Waals surface area contributed by atoms with Crippen LogP contribution < -0.4 is 11.1 Å². The van der Waals surface area contributed by atoms with Gasteiger partial charge in [-0.25, -0.2) is 0 Å². The van der Waals surface area contributed by atoms with Gasteiger partial charge in [0.2, 0.25) is 0 Å². The van der Waals surface area contributed by atoms with E-state index in [0.29, 0.717) is 18.4 Å². The second-order valence-corrected chi connectivity index (χ2v) is 5.43. The molecule has 1 heterocycles. The fourth-order valence-electron chi connectivity index (χ4n) is 2.17. The molecule has 0 aliphatic carbocycles. The van der Waals surface area contributed by atoms with Crippen LogP contribution in [-0.2, 0) is 6.42 Å². The van der Waals surface area contributed by atoms with Crippen molar-refractivity contribution in [2.24, 2.45) is 10.7 Å². The van der Waals surface area contributed by atoms with Crippen molar-refractivity contribution in [2.75, 3.05) is 11.9 Å². The summed E-state index contributed by atoms with van der Waals surface area (Å²) in [6.07, 6.45) is 5.60. The number of halogens is 1. The molecule has 1 atom stereocenters. The van der Waals surface area contributed by atoms with Gasteiger partial charge in [-0.2, -0.15) is 0 Å². The van der Waals surface area contributed by atoms with Crippen molar-refractivity contribution in [3.8, 4) is 0 Å². The average Bonchev–Trinajstić information content (AvgIpc) is 2.56. The number of pyridine rings is 1. The predicted octanol–water partition coefficient (Wildman–Crippen LogP) is 4.18. The molecular formula is C18H25IN4. The third kappa shape index (κ3) is 6.56. The number of aromatic nitrogens is 1. The maximum absolute atomic E-state index is 5.92. The first-order valence-corrected chi connectivity index (χ1v) is 7.75. The summed E-state index contributed by atoms with van der Waals surface area (Å²) in [4.78, 5) is 8.43. The van der Waals surface area contributed by atoms with Gasteiger partial charge in [0.25, 0.3) is 0 Å². The molecule has 2 aromatic rings. The Hall–Kier alpha value is -1.63. The molecule has 0 aliphatic heterocycles. The molecule has 1 unspecified atom stereocenters. The first-order valence-electron chi connectivity index (χ1n) is 7.75. The van der Waals surface area contributed by atoms with E-state index in [4.69, 9.17) is 5.73 Å². The highest BCUT2D eigenvalue weighted by atomic mass is 127. The molecule has 1 aromatic heterocycles. The highest BCUT2D eigenvalue weighted by molar-refractivity contribution is 14.0. The molecule has 0 amide bonds. The summed E-state index contributed by atoms with van der Waals surface area (Å²) in [7, 11) is 0. The number of guanidine groups is 1. The second kappa shape index (κ2) is 10.2. The molecule has 5 heteroatoms. The Morgan fingerprint density at radius 3 is 2.61 bits per heavy atom. The lowest BCUT2D eigenvalue weighted by atomic mass is 9.99. The average molecular weight is 424 g/mol. The van der Waals surface area contributed by atoms with Crippen molar-refractivity contribution >= 4 is 35.6 Å². The zero-order valence-corrected chi connectivity index (χ0v) is 16.0. The highest BCUT2D eigenvalue weighted by Crippen LogP contribution is 2.20. The lowest BCUT2D eigenvalue weighted by Gasteiger charge is -2.10. The van der Waals surface area contributed by atoms with Crippen LogP contribution in [0.2, 0.25) is 0 Å². The number of nitrogens with zero attached hydrogens (tertiary/aromatic N) is 2. The van der Waals surface area contributed by atoms with Crippen LogP contribution in [-0.4, -0.2) is 17.5 Å². The van der Waals surface area contributed by atoms with Crippen molar-refractivity contribution in [3.63, 3.8) is 0 Å². The minimum absolute atomic E-state index is 0. The molecule has 0 spiro atoms. The van der Waals surface area contributed by atoms with E-state index < -0.39 is 0 Å². The van der Waals surface area contributed by atoms with E-state index in [1.165, 1.54) is 5.56 Å². The minimum Gasteiger partial charge on any atom is -0.370 e. The summed E-state index contributed by atoms with van der Waals surface area (Å²) < 4.78 is 0. The third-order valence-corrected chi connectivity index (χ3v) is 3.77. The number of rotatable bonds is 6. The molecule has 0 saturated heterocycles. The normalized spacial score (nSPS) is 12.3. The summed E-state index contributed by atoms with van der Waals surface area (Å²) in [5.41, 5.74) is 9.40. The molecule has 0 saturated carbocycles. The lowest BCUT2D eigenvalue weighted by molar-refractivity contribution is 0.734. The van der Waals surface area contributed by atoms with Gasteiger partial charge in [0.1, 0.15) is 0 Å². The van der Waals surface area contributed by atoms with Gasteiger partial charge in [-0.3, -0.25) is 9.98 Å². The molecule has 0 aliphatic rings. The first kappa shape index (κ1) is 19.4. The number of nitrogens with one attached hydrogen (secondary N) is 1. The number of hydrogen-bond donors (Lipinski definition) is 2. The van der Waals surface area contributed by atoms with E-state index in [2.05, 4.69) is 41.3 Å². The van der Waals surface area contributed by atoms with E-state index in [1.807, 2.05) is 30.5 Å². The third-order valence-electron chi connectivity index (χ3n) is 3.77. The molecular weight excluding hydrogens is 399 g/mol. The maximum Gasteiger partial charge on any atom is 0.193 e. The Morgan fingerprint density at radius 2 is 2.00 bits per heavy atom. The number of nitrogens with two attached hydrogens (primary N) is 1. The van der Waals surface area contributed by atoms with E-state index in [1.54, 1.807) is 6.20 Å². The van der Waals surface area contributed by atoms with Gasteiger partial charge in [0.05, 0.1) is 0 Å². The zero-order valence-electron chi connectivity index (χ0n) is 13.7. The van der Waals surface area contributed by atoms with Crippen LogP contribution in [0.15, 0.2) is 53.8 Å². The van der Waals surface area contributed by atoms with Gasteiger partial charge >= 0.3 is 0 Å². The summed E-state index contributed by atoms with van der Waals surface area (Å²) >= 11 is 0. The first-order chi connectivity index (χ1) is 10.7. The topological polar surface area (TPSA) is 63.3 Å². The molecule has 2 rings (SSSR count). The van der Waals surface area contributed by atoms with Crippen LogP contribution in [0.1, 0.15) is 37.3 Å². The van der Waals surface area contributed by atoms with Crippen LogP contribution in [0, 0.1) is 0 Å². The van der Waals surface area contributed by atoms with Crippen molar-refractivity contribution in [3.05, 3.63) is 59.9 Å². The standard InChI is InChI=1S/C18H24N4.HI/c1-3-14(2)16-6-8-17(9-7-16)22-18(19)21-12-10-15-5-4-11-20-13-15;/h4-9,11,13-14H,3,10,12H2,1-2H3,(H3,19,21,22);1H. The van der Waals surface area contributed by atoms with Gasteiger partial charge in [0, 0.05) is 24.6 Å². The van der Waals surface area contributed by atoms with Gasteiger partial charge < -0.3 is 11.1 Å². The molecule has 0 fully saturated rings. The number of aliphatic imine (C=N–C) groups is 1. The maximum atomic E-state index is 5.92. The van der Waals surface area contributed by atoms with E-state index in [0.717, 1.165) is 24.1 Å². The SMILES string of the molecule is CCC(C)c1ccc(NC(N)=NCCc2cccnc2)cc1.I. The summed E-state index contributed by atoms with van der Waals surface area (Å²) in [6.45, 7) is 5.08. The smallest absolute Gasteiger partial charge is 0.193 e. The van der Waals surface area contributed by atoms with Crippen LogP contribution in [0.5, 0.6) is 0 Å². The monoisotopic (exact) mass is 424 g/mol. The van der Waals surface area contributed by atoms with Crippen molar-refractivity contribution in [2.45, 2.75) is 32.6 Å². The van der Waals surface area contributed by atoms with Crippen LogP contribution in [0.25, 0.3) is 0 Å². The molecule has 0 bridgehead atoms. The van der Waals surface area contributed by atoms with Crippen LogP contribution >= 0.6 is 24.0 Å². The Morgan fingerprint density at radius 1 is 1.26 bits per heavy atom. The van der Waals surface area contributed by atoms with Gasteiger partial charge in [-0.15, -0.1) is 24.0 Å². The molecule has 124 valence electrons. The number of anilines is 1. The minimum atomic E-state index is 0. The fourth-order valence-corrected chi connectivity index (χ4v) is 2.17. The van der Waals surface area contributed by atoms with Crippen LogP contribution in [0.3, 0.4) is 0 Å². The largest absolute Gasteiger partial charge is 0.370 e. The summed E-state index contributed by atoms with van der Waals surface area (Å²) in [5.74, 6) is 1.03. The highest BCUT2D eigenvalue weighted by Gasteiger charge is 2.02. The Kier molecular flexibility index (Phi) is 8.61. The summed E-state index contributed by atoms with van der Waals surface area (Å²) in [5, 5.41) is 3.12. The molecule has 23 heavy (non-hydrogen) atoms. The number of hydrogen-bond acceptors (Lipinski definition) is 2. The van der Waals surface area contributed by atoms with E-state index in [9.17, 15) is 0 Å². The van der Waals surface area contributed by atoms with Gasteiger partial charge in [0.15, 0.2) is 5.96 Å². The molecule has 1 aromatic carbocycles.